The number of para-hydroxylation sites is 1. The van der Waals surface area contributed by atoms with Gasteiger partial charge in [-0.1, -0.05) is 67.8 Å². The smallest absolute Gasteiger partial charge is 0.216 e. The number of nitrogens with zero attached hydrogens (tertiary/aromatic N) is 2. The lowest BCUT2D eigenvalue weighted by Crippen LogP contribution is -2.52. The molecule has 3 nitrogen and oxygen atoms in total. The Bertz CT molecular complexity index is 1920. The van der Waals surface area contributed by atoms with Gasteiger partial charge < -0.3 is 4.42 Å². The van der Waals surface area contributed by atoms with E-state index in [1.165, 1.54) is 75.1 Å². The van der Waals surface area contributed by atoms with Gasteiger partial charge >= 0.3 is 0 Å². The van der Waals surface area contributed by atoms with Gasteiger partial charge in [0.1, 0.15) is 30.7 Å². The molecule has 1 fully saturated rings. The Morgan fingerprint density at radius 1 is 0.585 bits per heavy atom. The first-order valence-corrected chi connectivity index (χ1v) is 15.0. The maximum atomic E-state index is 6.55. The van der Waals surface area contributed by atoms with Crippen LogP contribution >= 0.6 is 0 Å². The highest BCUT2D eigenvalue weighted by atomic mass is 16.3. The van der Waals surface area contributed by atoms with Gasteiger partial charge in [0.05, 0.1) is 5.56 Å². The minimum atomic E-state index is -0.0772. The van der Waals surface area contributed by atoms with E-state index in [1.54, 1.807) is 0 Å². The molecule has 204 valence electrons. The Morgan fingerprint density at radius 3 is 2.00 bits per heavy atom. The molecule has 0 aliphatic heterocycles. The Balaban J connectivity index is 1.46. The summed E-state index contributed by atoms with van der Waals surface area (Å²) in [4.78, 5) is 0. The standard InChI is InChI=1S/C38H38N2O/c1-26-14-6-7-15-28(26)31-17-12-20-34(39(31)3)38(24-10-5-11-25-38)35-21-13-18-32(40(35)4)36-27(2)22-23-30-29-16-8-9-19-33(29)41-37(30)36/h6-9,12-23H,5,10-11,24-25H2,1-4H3/q+2. The van der Waals surface area contributed by atoms with E-state index in [-0.39, 0.29) is 5.41 Å². The summed E-state index contributed by atoms with van der Waals surface area (Å²) < 4.78 is 11.5. The Hall–Kier alpha value is -4.24. The SMILES string of the molecule is Cc1ccccc1-c1cccc(C2(c3cccc(-c4c(C)ccc5c4oc4ccccc45)[n+]3C)CCCCC2)[n+]1C. The van der Waals surface area contributed by atoms with E-state index in [0.717, 1.165) is 24.0 Å². The van der Waals surface area contributed by atoms with Crippen LogP contribution in [0.2, 0.25) is 0 Å². The van der Waals surface area contributed by atoms with E-state index in [4.69, 9.17) is 4.42 Å². The molecule has 0 atom stereocenters. The molecule has 3 heterocycles. The molecule has 1 saturated carbocycles. The second-order valence-corrected chi connectivity index (χ2v) is 11.9. The van der Waals surface area contributed by atoms with Crippen LogP contribution in [0.25, 0.3) is 44.5 Å². The van der Waals surface area contributed by atoms with Crippen molar-refractivity contribution in [1.82, 2.24) is 0 Å². The molecule has 41 heavy (non-hydrogen) atoms. The predicted octanol–water partition coefficient (Wildman–Crippen LogP) is 8.44. The van der Waals surface area contributed by atoms with E-state index >= 15 is 0 Å². The lowest BCUT2D eigenvalue weighted by molar-refractivity contribution is -0.688. The maximum absolute atomic E-state index is 6.55. The van der Waals surface area contributed by atoms with Gasteiger partial charge in [-0.2, -0.15) is 9.13 Å². The molecule has 0 saturated heterocycles. The van der Waals surface area contributed by atoms with Gasteiger partial charge in [-0.3, -0.25) is 0 Å². The largest absolute Gasteiger partial charge is 0.455 e. The second-order valence-electron chi connectivity index (χ2n) is 11.9. The highest BCUT2D eigenvalue weighted by Crippen LogP contribution is 2.44. The number of fused-ring (bicyclic) bond motifs is 3. The monoisotopic (exact) mass is 538 g/mol. The molecule has 0 radical (unpaired) electrons. The third-order valence-corrected chi connectivity index (χ3v) is 9.58. The van der Waals surface area contributed by atoms with Crippen molar-refractivity contribution in [2.45, 2.75) is 51.4 Å². The van der Waals surface area contributed by atoms with Crippen LogP contribution in [0.3, 0.4) is 0 Å². The van der Waals surface area contributed by atoms with E-state index in [0.29, 0.717) is 0 Å². The topological polar surface area (TPSA) is 20.9 Å². The van der Waals surface area contributed by atoms with Gasteiger partial charge in [0.15, 0.2) is 11.4 Å². The molecule has 0 bridgehead atoms. The number of rotatable bonds is 4. The molecule has 1 aliphatic rings. The van der Waals surface area contributed by atoms with Gasteiger partial charge in [0, 0.05) is 40.6 Å². The van der Waals surface area contributed by atoms with Crippen molar-refractivity contribution in [3.8, 4) is 22.5 Å². The number of hydrogen-bond donors (Lipinski definition) is 0. The minimum Gasteiger partial charge on any atom is -0.455 e. The van der Waals surface area contributed by atoms with Crippen LogP contribution < -0.4 is 9.13 Å². The quantitative estimate of drug-likeness (QED) is 0.206. The number of aromatic nitrogens is 2. The zero-order chi connectivity index (χ0) is 28.1. The molecule has 3 aromatic heterocycles. The number of aryl methyl sites for hydroxylation is 2. The van der Waals surface area contributed by atoms with Gasteiger partial charge in [-0.25, -0.2) is 0 Å². The molecule has 3 heteroatoms. The molecule has 7 rings (SSSR count). The first-order chi connectivity index (χ1) is 20.0. The third kappa shape index (κ3) is 4.01. The summed E-state index contributed by atoms with van der Waals surface area (Å²) in [5.74, 6) is 0. The summed E-state index contributed by atoms with van der Waals surface area (Å²) in [6.07, 6.45) is 6.05. The van der Waals surface area contributed by atoms with E-state index in [9.17, 15) is 0 Å². The average molecular weight is 539 g/mol. The minimum absolute atomic E-state index is 0.0772. The zero-order valence-electron chi connectivity index (χ0n) is 24.6. The van der Waals surface area contributed by atoms with Crippen molar-refractivity contribution in [2.24, 2.45) is 14.1 Å². The van der Waals surface area contributed by atoms with Crippen molar-refractivity contribution >= 4 is 21.9 Å². The van der Waals surface area contributed by atoms with Crippen LogP contribution in [0, 0.1) is 13.8 Å². The molecule has 0 N–H and O–H groups in total. The lowest BCUT2D eigenvalue weighted by Gasteiger charge is -2.33. The fourth-order valence-electron chi connectivity index (χ4n) is 7.51. The maximum Gasteiger partial charge on any atom is 0.216 e. The Kier molecular flexibility index (Phi) is 6.27. The van der Waals surface area contributed by atoms with Crippen molar-refractivity contribution in [3.05, 3.63) is 120 Å². The van der Waals surface area contributed by atoms with Gasteiger partial charge in [-0.05, 0) is 62.1 Å². The summed E-state index contributed by atoms with van der Waals surface area (Å²) in [6.45, 7) is 4.42. The van der Waals surface area contributed by atoms with Crippen molar-refractivity contribution in [1.29, 1.82) is 0 Å². The Labute approximate surface area is 242 Å². The summed E-state index contributed by atoms with van der Waals surface area (Å²) in [6, 6.07) is 35.3. The molecular formula is C38H38N2O+2. The molecule has 1 aliphatic carbocycles. The first-order valence-electron chi connectivity index (χ1n) is 15.0. The van der Waals surface area contributed by atoms with Crippen LogP contribution in [0.4, 0.5) is 0 Å². The number of furan rings is 1. The second kappa shape index (κ2) is 9.99. The molecule has 0 amide bonds. The summed E-state index contributed by atoms with van der Waals surface area (Å²) in [5.41, 5.74) is 12.1. The molecule has 6 aromatic rings. The van der Waals surface area contributed by atoms with Crippen LogP contribution in [0.15, 0.2) is 101 Å². The summed E-state index contributed by atoms with van der Waals surface area (Å²) in [7, 11) is 4.52. The van der Waals surface area contributed by atoms with E-state index in [2.05, 4.69) is 134 Å². The van der Waals surface area contributed by atoms with Crippen LogP contribution in [-0.4, -0.2) is 0 Å². The van der Waals surface area contributed by atoms with E-state index < -0.39 is 0 Å². The van der Waals surface area contributed by atoms with Crippen molar-refractivity contribution in [3.63, 3.8) is 0 Å². The number of benzene rings is 3. The van der Waals surface area contributed by atoms with E-state index in [1.807, 2.05) is 0 Å². The van der Waals surface area contributed by atoms with Crippen LogP contribution in [0.5, 0.6) is 0 Å². The fourth-order valence-corrected chi connectivity index (χ4v) is 7.51. The zero-order valence-corrected chi connectivity index (χ0v) is 24.6. The highest BCUT2D eigenvalue weighted by Gasteiger charge is 2.48. The van der Waals surface area contributed by atoms with Crippen LogP contribution in [-0.2, 0) is 19.5 Å². The molecule has 3 aromatic carbocycles. The number of pyridine rings is 2. The molecular weight excluding hydrogens is 500 g/mol. The van der Waals surface area contributed by atoms with Gasteiger partial charge in [0.25, 0.3) is 0 Å². The normalized spacial score (nSPS) is 15.0. The fraction of sp³-hybridized carbons (Fsp3) is 0.263. The predicted molar refractivity (Wildman–Crippen MR) is 167 cm³/mol. The highest BCUT2D eigenvalue weighted by molar-refractivity contribution is 6.09. The average Bonchev–Trinajstić information content (AvgIpc) is 3.37. The summed E-state index contributed by atoms with van der Waals surface area (Å²) >= 11 is 0. The molecule has 0 unspecified atom stereocenters. The number of hydrogen-bond acceptors (Lipinski definition) is 1. The van der Waals surface area contributed by atoms with Gasteiger partial charge in [0.2, 0.25) is 11.4 Å². The Morgan fingerprint density at radius 2 is 1.24 bits per heavy atom. The van der Waals surface area contributed by atoms with Crippen molar-refractivity contribution < 1.29 is 13.6 Å². The van der Waals surface area contributed by atoms with Crippen molar-refractivity contribution in [2.75, 3.05) is 0 Å². The van der Waals surface area contributed by atoms with Crippen LogP contribution in [0.1, 0.15) is 54.6 Å². The third-order valence-electron chi connectivity index (χ3n) is 9.58. The first kappa shape index (κ1) is 25.7. The molecule has 0 spiro atoms. The lowest BCUT2D eigenvalue weighted by atomic mass is 9.68. The van der Waals surface area contributed by atoms with Gasteiger partial charge in [-0.15, -0.1) is 0 Å². The summed E-state index contributed by atoms with van der Waals surface area (Å²) in [5, 5.41) is 2.35.